The second kappa shape index (κ2) is 33.6. The molecule has 94 heavy (non-hydrogen) atoms. The van der Waals surface area contributed by atoms with E-state index in [-0.39, 0.29) is 0 Å². The van der Waals surface area contributed by atoms with Crippen molar-refractivity contribution in [1.82, 2.24) is 21.3 Å². The molecule has 0 aromatic carbocycles. The Morgan fingerprint density at radius 1 is 0.330 bits per heavy atom. The number of ether oxygens (including phenoxy) is 13. The summed E-state index contributed by atoms with van der Waals surface area (Å²) in [5.74, 6) is -3.44. The van der Waals surface area contributed by atoms with Gasteiger partial charge in [0.15, 0.2) is 44.0 Å². The number of hydrogen-bond donors (Lipinski definition) is 23. The van der Waals surface area contributed by atoms with Gasteiger partial charge in [0.25, 0.3) is 0 Å². The molecule has 7 saturated heterocycles. The van der Waals surface area contributed by atoms with Crippen LogP contribution in [0.1, 0.15) is 27.7 Å². The van der Waals surface area contributed by atoms with Gasteiger partial charge >= 0.3 is 10.4 Å². The molecule has 7 aliphatic rings. The molecule has 0 spiro atoms. The van der Waals surface area contributed by atoms with E-state index in [9.17, 15) is 124 Å². The molecular weight excluding hydrogens is 1310 g/mol. The van der Waals surface area contributed by atoms with Crippen LogP contribution in [-0.4, -0.2) is 389 Å². The third-order valence-electron chi connectivity index (χ3n) is 16.3. The topological polar surface area (TPSA) is 664 Å². The Morgan fingerprint density at radius 3 is 1.11 bits per heavy atom. The van der Waals surface area contributed by atoms with Gasteiger partial charge in [-0.3, -0.25) is 23.7 Å². The van der Waals surface area contributed by atoms with E-state index < -0.39 is 295 Å². The molecule has 544 valence electrons. The molecule has 4 amide bonds. The summed E-state index contributed by atoms with van der Waals surface area (Å²) < 4.78 is 113. The number of hydrogen-bond acceptors (Lipinski definition) is 38. The number of carbonyl (C=O) groups excluding carboxylic acids is 4. The summed E-state index contributed by atoms with van der Waals surface area (Å²) in [5, 5.41) is 209. The fourth-order valence-corrected chi connectivity index (χ4v) is 11.9. The Balaban J connectivity index is 1.25. The molecule has 43 nitrogen and oxygen atoms in total. The Kier molecular flexibility index (Phi) is 27.8. The van der Waals surface area contributed by atoms with Crippen LogP contribution in [0.2, 0.25) is 0 Å². The molecule has 0 radical (unpaired) electrons. The molecular formula is C50H84N4O39S. The van der Waals surface area contributed by atoms with Crippen LogP contribution < -0.4 is 21.3 Å². The van der Waals surface area contributed by atoms with Crippen molar-refractivity contribution in [1.29, 1.82) is 0 Å². The molecule has 0 aromatic rings. The van der Waals surface area contributed by atoms with E-state index in [1.807, 2.05) is 0 Å². The fraction of sp³-hybridized carbons (Fsp3) is 0.920. The Labute approximate surface area is 532 Å². The maximum Gasteiger partial charge on any atom is 0.397 e. The van der Waals surface area contributed by atoms with Crippen LogP contribution in [0.4, 0.5) is 0 Å². The number of amides is 4. The standard InChI is InChI=1S/C50H84N4O39S/c1-12(60)51-23-34(71)39(19(8-58)82-44(23)76)89-47-26(54-15(4)63)35(72)40(20(9-59)86-47)90-48-38(75)41(91-50-43(37(74)29(66)18(7-57)85-50)93-45-24(52-13(2)61)32(69)27(64)16(5-55)83-45)31(68)21(88-48)10-80-49-42(36(73)28(65)17(6-56)84-49)92-46-25(53-14(3)62)33(70)30(67)22(87-46)11-81-94(77,78)79/h16-50,55-59,64-76H,5-11H2,1-4H3,(H,51,60)(H,52,61)(H,53,62)(H,54,63)(H,77,78,79)/t16-,17-,18-,19-,20-,21-,22-,23-,24-,25-,26-,27-,28-,29-,30-,31-,32-,33-,34-,35-,36+,37+,38+,39-,40-,41+,42+,43+,44?,45+,46+,47+,48+,49+,50-/m1/s1. The van der Waals surface area contributed by atoms with Crippen LogP contribution in [0.15, 0.2) is 0 Å². The van der Waals surface area contributed by atoms with Gasteiger partial charge in [0.1, 0.15) is 171 Å². The first-order chi connectivity index (χ1) is 44.2. The number of carbonyl (C=O) groups is 4. The lowest BCUT2D eigenvalue weighted by Crippen LogP contribution is -2.70. The van der Waals surface area contributed by atoms with Crippen molar-refractivity contribution < 1.29 is 190 Å². The Hall–Kier alpha value is -3.49. The van der Waals surface area contributed by atoms with E-state index in [2.05, 4.69) is 25.5 Å². The van der Waals surface area contributed by atoms with Crippen molar-refractivity contribution in [3.05, 3.63) is 0 Å². The zero-order chi connectivity index (χ0) is 69.7. The highest BCUT2D eigenvalue weighted by Gasteiger charge is 2.59. The van der Waals surface area contributed by atoms with Crippen LogP contribution in [0.3, 0.4) is 0 Å². The second-order valence-corrected chi connectivity index (χ2v) is 24.2. The van der Waals surface area contributed by atoms with E-state index in [4.69, 9.17) is 61.6 Å². The first kappa shape index (κ1) is 77.9. The quantitative estimate of drug-likeness (QED) is 0.0377. The molecule has 35 atom stereocenters. The van der Waals surface area contributed by atoms with Gasteiger partial charge in [-0.05, 0) is 0 Å². The predicted molar refractivity (Wildman–Crippen MR) is 289 cm³/mol. The van der Waals surface area contributed by atoms with Crippen LogP contribution >= 0.6 is 0 Å². The van der Waals surface area contributed by atoms with Crippen molar-refractivity contribution >= 4 is 34.0 Å². The van der Waals surface area contributed by atoms with Gasteiger partial charge in [0.2, 0.25) is 23.6 Å². The largest absolute Gasteiger partial charge is 0.397 e. The van der Waals surface area contributed by atoms with Gasteiger partial charge in [-0.1, -0.05) is 0 Å². The summed E-state index contributed by atoms with van der Waals surface area (Å²) in [6.45, 7) is -3.79. The average Bonchev–Trinajstić information content (AvgIpc) is 0.779. The third kappa shape index (κ3) is 18.1. The number of aliphatic hydroxyl groups excluding tert-OH is 18. The number of aliphatic hydroxyl groups is 18. The van der Waals surface area contributed by atoms with Gasteiger partial charge in [-0.25, -0.2) is 4.18 Å². The van der Waals surface area contributed by atoms with E-state index in [0.717, 1.165) is 27.7 Å². The molecule has 23 N–H and O–H groups in total. The SMILES string of the molecule is CC(=O)N[C@H]1[C@H](O[C@H]2[C@H](O)[C@@H](NC(C)=O)C(O)O[C@@H]2CO)O[C@H](CO)[C@@H](O[C@@H]2O[C@H](CO[C@H]3O[C@H](CO)[C@@H](O)[C@H](O)[C@@H]3O[C@@H]3O[C@H](COS(=O)(=O)O)[C@@H](O)[C@H](O)[C@H]3NC(C)=O)[C@@H](O)[C@H](O[C@H]3O[C@H](CO)[C@@H](O)[C@H](O)[C@@H]3O[C@@H]3O[C@H](CO)[C@@H](O)[C@H](O)[C@H]3NC(C)=O)[C@@H]2O)[C@@H]1O. The van der Waals surface area contributed by atoms with Crippen LogP contribution in [-0.2, 0) is 95.3 Å². The highest BCUT2D eigenvalue weighted by molar-refractivity contribution is 7.80. The third-order valence-corrected chi connectivity index (χ3v) is 16.8. The molecule has 7 heterocycles. The van der Waals surface area contributed by atoms with E-state index in [1.165, 1.54) is 0 Å². The van der Waals surface area contributed by atoms with Gasteiger partial charge in [-0.15, -0.1) is 0 Å². The lowest BCUT2D eigenvalue weighted by atomic mass is 9.93. The highest BCUT2D eigenvalue weighted by Crippen LogP contribution is 2.38. The zero-order valence-corrected chi connectivity index (χ0v) is 51.0. The van der Waals surface area contributed by atoms with E-state index >= 15 is 0 Å². The normalized spacial score (nSPS) is 46.3. The van der Waals surface area contributed by atoms with Crippen LogP contribution in [0, 0.1) is 0 Å². The molecule has 7 fully saturated rings. The molecule has 7 rings (SSSR count). The summed E-state index contributed by atoms with van der Waals surface area (Å²) in [7, 11) is -5.24. The zero-order valence-electron chi connectivity index (χ0n) is 50.2. The van der Waals surface area contributed by atoms with Crippen molar-refractivity contribution in [2.45, 2.75) is 242 Å². The summed E-state index contributed by atoms with van der Waals surface area (Å²) in [4.78, 5) is 49.6. The summed E-state index contributed by atoms with van der Waals surface area (Å²) in [5.41, 5.74) is 0. The maximum atomic E-state index is 12.8. The summed E-state index contributed by atoms with van der Waals surface area (Å²) in [6.07, 6.45) is -64.3. The molecule has 44 heteroatoms. The molecule has 1 unspecified atom stereocenters. The van der Waals surface area contributed by atoms with Crippen molar-refractivity contribution in [2.24, 2.45) is 0 Å². The fourth-order valence-electron chi connectivity index (χ4n) is 11.6. The van der Waals surface area contributed by atoms with Gasteiger partial charge in [0.05, 0.1) is 46.2 Å². The second-order valence-electron chi connectivity index (χ2n) is 23.1. The minimum atomic E-state index is -5.24. The van der Waals surface area contributed by atoms with Crippen LogP contribution in [0.25, 0.3) is 0 Å². The van der Waals surface area contributed by atoms with Crippen LogP contribution in [0.5, 0.6) is 0 Å². The maximum absolute atomic E-state index is 12.8. The smallest absolute Gasteiger partial charge is 0.394 e. The minimum Gasteiger partial charge on any atom is -0.394 e. The van der Waals surface area contributed by atoms with Crippen molar-refractivity contribution in [3.8, 4) is 0 Å². The lowest BCUT2D eigenvalue weighted by Gasteiger charge is -2.51. The molecule has 0 aliphatic carbocycles. The predicted octanol–water partition coefficient (Wildman–Crippen LogP) is -15.9. The van der Waals surface area contributed by atoms with Gasteiger partial charge in [0, 0.05) is 27.7 Å². The molecule has 7 aliphatic heterocycles. The van der Waals surface area contributed by atoms with Gasteiger partial charge < -0.3 is 175 Å². The van der Waals surface area contributed by atoms with Crippen molar-refractivity contribution in [3.63, 3.8) is 0 Å². The Bertz CT molecular complexity index is 2580. The molecule has 0 saturated carbocycles. The highest BCUT2D eigenvalue weighted by atomic mass is 32.3. The number of rotatable bonds is 25. The Morgan fingerprint density at radius 2 is 0.649 bits per heavy atom. The minimum absolute atomic E-state index is 0.768. The van der Waals surface area contributed by atoms with Crippen molar-refractivity contribution in [2.75, 3.05) is 46.2 Å². The van der Waals surface area contributed by atoms with Gasteiger partial charge in [-0.2, -0.15) is 8.42 Å². The monoisotopic (exact) mass is 1400 g/mol. The number of nitrogens with one attached hydrogen (secondary N) is 4. The van der Waals surface area contributed by atoms with E-state index in [1.54, 1.807) is 0 Å². The lowest BCUT2D eigenvalue weighted by molar-refractivity contribution is -0.396. The average molecular weight is 1400 g/mol. The summed E-state index contributed by atoms with van der Waals surface area (Å²) >= 11 is 0. The van der Waals surface area contributed by atoms with E-state index in [0.29, 0.717) is 0 Å². The first-order valence-electron chi connectivity index (χ1n) is 29.3. The first-order valence-corrected chi connectivity index (χ1v) is 30.6. The summed E-state index contributed by atoms with van der Waals surface area (Å²) in [6, 6.07) is -7.10. The molecule has 0 bridgehead atoms. The molecule has 0 aromatic heterocycles.